The number of nitriles is 1. The van der Waals surface area contributed by atoms with Gasteiger partial charge in [-0.05, 0) is 33.6 Å². The van der Waals surface area contributed by atoms with E-state index in [0.29, 0.717) is 0 Å². The summed E-state index contributed by atoms with van der Waals surface area (Å²) in [5.74, 6) is 0. The molecule has 1 heterocycles. The maximum absolute atomic E-state index is 12.3. The van der Waals surface area contributed by atoms with E-state index in [9.17, 15) is 13.6 Å². The molecule has 0 aromatic carbocycles. The molecule has 0 unspecified atom stereocenters. The van der Waals surface area contributed by atoms with Crippen molar-refractivity contribution >= 4 is 32.8 Å². The monoisotopic (exact) mass is 294 g/mol. The number of hydrogen-bond acceptors (Lipinski definition) is 3. The van der Waals surface area contributed by atoms with Gasteiger partial charge in [0.2, 0.25) is 0 Å². The molecule has 0 saturated carbocycles. The van der Waals surface area contributed by atoms with Crippen LogP contribution in [0.25, 0.3) is 0 Å². The highest BCUT2D eigenvalue weighted by atomic mass is 79.9. The molecule has 0 spiro atoms. The van der Waals surface area contributed by atoms with Crippen LogP contribution in [0.3, 0.4) is 0 Å². The van der Waals surface area contributed by atoms with Crippen LogP contribution in [-0.2, 0) is 0 Å². The van der Waals surface area contributed by atoms with Gasteiger partial charge in [-0.2, -0.15) is 5.26 Å². The third kappa shape index (κ3) is 2.49. The lowest BCUT2D eigenvalue weighted by Crippen LogP contribution is -2.03. The molecule has 0 aliphatic carbocycles. The number of hydrogen-bond donors (Lipinski definition) is 0. The predicted molar refractivity (Wildman–Crippen MR) is 51.8 cm³/mol. The van der Waals surface area contributed by atoms with Crippen LogP contribution in [-0.4, -0.2) is 10.2 Å². The first-order valence-corrected chi connectivity index (χ1v) is 4.73. The first-order valence-electron chi connectivity index (χ1n) is 3.56. The summed E-state index contributed by atoms with van der Waals surface area (Å²) >= 11 is 8.05. The van der Waals surface area contributed by atoms with Crippen molar-refractivity contribution in [3.63, 3.8) is 0 Å². The van der Waals surface area contributed by atoms with Crippen LogP contribution in [0, 0.1) is 11.3 Å². The highest BCUT2D eigenvalue weighted by molar-refractivity contribution is 9.10. The normalized spacial score (nSPS) is 10.1. The van der Waals surface area contributed by atoms with Gasteiger partial charge in [0.15, 0.2) is 5.69 Å². The zero-order valence-electron chi connectivity index (χ0n) is 6.97. The standard InChI is InChI=1S/C8H2BrClF2N2O/c9-3-1-4(8(11)12)14-5(2-13)6(3)7(10)15/h1,8H. The van der Waals surface area contributed by atoms with E-state index in [0.717, 1.165) is 6.07 Å². The number of carbonyl (C=O) groups excluding carboxylic acids is 1. The molecule has 78 valence electrons. The van der Waals surface area contributed by atoms with Crippen LogP contribution >= 0.6 is 27.5 Å². The van der Waals surface area contributed by atoms with E-state index in [-0.39, 0.29) is 10.0 Å². The summed E-state index contributed by atoms with van der Waals surface area (Å²) < 4.78 is 24.6. The van der Waals surface area contributed by atoms with Crippen LogP contribution in [0.1, 0.15) is 28.2 Å². The molecule has 1 aromatic heterocycles. The fraction of sp³-hybridized carbons (Fsp3) is 0.125. The largest absolute Gasteiger partial charge is 0.280 e. The molecule has 0 aliphatic heterocycles. The average molecular weight is 295 g/mol. The molecule has 3 nitrogen and oxygen atoms in total. The minimum Gasteiger partial charge on any atom is -0.275 e. The van der Waals surface area contributed by atoms with E-state index in [1.54, 1.807) is 0 Å². The Morgan fingerprint density at radius 2 is 2.27 bits per heavy atom. The van der Waals surface area contributed by atoms with Crippen molar-refractivity contribution in [1.29, 1.82) is 5.26 Å². The van der Waals surface area contributed by atoms with E-state index in [1.807, 2.05) is 0 Å². The van der Waals surface area contributed by atoms with E-state index >= 15 is 0 Å². The Kier molecular flexibility index (Phi) is 3.72. The highest BCUT2D eigenvalue weighted by Gasteiger charge is 2.19. The number of rotatable bonds is 2. The lowest BCUT2D eigenvalue weighted by atomic mass is 10.2. The molecular formula is C8H2BrClF2N2O. The Bertz CT molecular complexity index is 459. The summed E-state index contributed by atoms with van der Waals surface area (Å²) in [6.07, 6.45) is -2.81. The number of nitrogens with zero attached hydrogens (tertiary/aromatic N) is 2. The van der Waals surface area contributed by atoms with Crippen molar-refractivity contribution in [2.75, 3.05) is 0 Å². The highest BCUT2D eigenvalue weighted by Crippen LogP contribution is 2.26. The summed E-state index contributed by atoms with van der Waals surface area (Å²) in [6, 6.07) is 2.49. The molecular weight excluding hydrogens is 293 g/mol. The van der Waals surface area contributed by atoms with Crippen LogP contribution in [0.5, 0.6) is 0 Å². The van der Waals surface area contributed by atoms with Crippen LogP contribution in [0.4, 0.5) is 8.78 Å². The number of alkyl halides is 2. The lowest BCUT2D eigenvalue weighted by Gasteiger charge is -2.04. The van der Waals surface area contributed by atoms with Gasteiger partial charge in [0.05, 0.1) is 5.56 Å². The minimum atomic E-state index is -2.81. The summed E-state index contributed by atoms with van der Waals surface area (Å²) in [5.41, 5.74) is -1.21. The summed E-state index contributed by atoms with van der Waals surface area (Å²) in [4.78, 5) is 14.2. The maximum atomic E-state index is 12.3. The smallest absolute Gasteiger partial charge is 0.275 e. The van der Waals surface area contributed by atoms with Crippen LogP contribution < -0.4 is 0 Å². The predicted octanol–water partition coefficient (Wildman–Crippen LogP) is 3.03. The molecule has 15 heavy (non-hydrogen) atoms. The van der Waals surface area contributed by atoms with Crippen molar-refractivity contribution in [2.45, 2.75) is 6.43 Å². The zero-order valence-corrected chi connectivity index (χ0v) is 9.31. The van der Waals surface area contributed by atoms with Gasteiger partial charge >= 0.3 is 0 Å². The van der Waals surface area contributed by atoms with Gasteiger partial charge in [0.1, 0.15) is 11.8 Å². The Labute approximate surface area is 96.8 Å². The molecule has 0 bridgehead atoms. The number of pyridine rings is 1. The van der Waals surface area contributed by atoms with Crippen LogP contribution in [0.2, 0.25) is 0 Å². The maximum Gasteiger partial charge on any atom is 0.280 e. The third-order valence-corrected chi connectivity index (χ3v) is 2.33. The van der Waals surface area contributed by atoms with Gasteiger partial charge in [0.25, 0.3) is 11.7 Å². The summed E-state index contributed by atoms with van der Waals surface area (Å²) in [7, 11) is 0. The first-order chi connectivity index (χ1) is 6.97. The van der Waals surface area contributed by atoms with Gasteiger partial charge < -0.3 is 0 Å². The summed E-state index contributed by atoms with van der Waals surface area (Å²) in [5, 5.41) is 7.68. The SMILES string of the molecule is N#Cc1nc(C(F)F)cc(Br)c1C(=O)Cl. The molecule has 0 saturated heterocycles. The second kappa shape index (κ2) is 4.64. The molecule has 1 rings (SSSR count). The third-order valence-electron chi connectivity index (χ3n) is 1.52. The number of aromatic nitrogens is 1. The Hall–Kier alpha value is -1.06. The fourth-order valence-corrected chi connectivity index (χ4v) is 1.82. The zero-order chi connectivity index (χ0) is 11.6. The topological polar surface area (TPSA) is 53.8 Å². The average Bonchev–Trinajstić information content (AvgIpc) is 2.15. The van der Waals surface area contributed by atoms with E-state index < -0.39 is 23.1 Å². The van der Waals surface area contributed by atoms with E-state index in [4.69, 9.17) is 16.9 Å². The summed E-state index contributed by atoms with van der Waals surface area (Å²) in [6.45, 7) is 0. The molecule has 0 aliphatic rings. The Morgan fingerprint density at radius 1 is 1.67 bits per heavy atom. The second-order valence-electron chi connectivity index (χ2n) is 2.44. The molecule has 0 radical (unpaired) electrons. The molecule has 0 N–H and O–H groups in total. The van der Waals surface area contributed by atoms with E-state index in [1.165, 1.54) is 6.07 Å². The van der Waals surface area contributed by atoms with Gasteiger partial charge in [0, 0.05) is 4.47 Å². The van der Waals surface area contributed by atoms with Crippen molar-refractivity contribution in [3.05, 3.63) is 27.5 Å². The molecule has 0 atom stereocenters. The fourth-order valence-electron chi connectivity index (χ4n) is 0.912. The first kappa shape index (κ1) is 12.0. The van der Waals surface area contributed by atoms with Gasteiger partial charge in [-0.3, -0.25) is 4.79 Å². The van der Waals surface area contributed by atoms with Crippen molar-refractivity contribution in [1.82, 2.24) is 4.98 Å². The second-order valence-corrected chi connectivity index (χ2v) is 3.64. The quantitative estimate of drug-likeness (QED) is 0.788. The molecule has 0 fully saturated rings. The van der Waals surface area contributed by atoms with E-state index in [2.05, 4.69) is 20.9 Å². The van der Waals surface area contributed by atoms with Crippen molar-refractivity contribution in [2.24, 2.45) is 0 Å². The molecule has 1 aromatic rings. The lowest BCUT2D eigenvalue weighted by molar-refractivity contribution is 0.107. The molecule has 7 heteroatoms. The van der Waals surface area contributed by atoms with Crippen molar-refractivity contribution < 1.29 is 13.6 Å². The molecule has 0 amide bonds. The number of carbonyl (C=O) groups is 1. The van der Waals surface area contributed by atoms with Crippen molar-refractivity contribution in [3.8, 4) is 6.07 Å². The van der Waals surface area contributed by atoms with Gasteiger partial charge in [-0.15, -0.1) is 0 Å². The van der Waals surface area contributed by atoms with Crippen LogP contribution in [0.15, 0.2) is 10.5 Å². The Balaban J connectivity index is 3.46. The minimum absolute atomic E-state index is 0.0318. The Morgan fingerprint density at radius 3 is 2.67 bits per heavy atom. The van der Waals surface area contributed by atoms with Gasteiger partial charge in [-0.25, -0.2) is 13.8 Å². The van der Waals surface area contributed by atoms with Gasteiger partial charge in [-0.1, -0.05) is 0 Å². The number of halogens is 4.